The van der Waals surface area contributed by atoms with E-state index in [1.807, 2.05) is 36.4 Å². The summed E-state index contributed by atoms with van der Waals surface area (Å²) in [5, 5.41) is 17.5. The fourth-order valence-corrected chi connectivity index (χ4v) is 3.41. The van der Waals surface area contributed by atoms with Crippen LogP contribution < -0.4 is 20.5 Å². The Balaban J connectivity index is 1.64. The predicted octanol–water partition coefficient (Wildman–Crippen LogP) is 1.58. The van der Waals surface area contributed by atoms with Crippen LogP contribution in [0.1, 0.15) is 11.4 Å². The maximum atomic E-state index is 9.14. The summed E-state index contributed by atoms with van der Waals surface area (Å²) >= 11 is 0. The molecule has 2 aromatic heterocycles. The number of hydrogen-bond donors (Lipinski definition) is 3. The first-order chi connectivity index (χ1) is 13.7. The molecule has 0 fully saturated rings. The second-order valence-corrected chi connectivity index (χ2v) is 6.45. The highest BCUT2D eigenvalue weighted by Crippen LogP contribution is 2.33. The topological polar surface area (TPSA) is 120 Å². The van der Waals surface area contributed by atoms with Gasteiger partial charge in [-0.2, -0.15) is 9.50 Å². The van der Waals surface area contributed by atoms with Gasteiger partial charge in [0.05, 0.1) is 17.5 Å². The van der Waals surface area contributed by atoms with Crippen molar-refractivity contribution in [1.29, 1.82) is 0 Å². The second kappa shape index (κ2) is 6.54. The van der Waals surface area contributed by atoms with E-state index in [4.69, 9.17) is 25.3 Å². The molecule has 0 saturated heterocycles. The van der Waals surface area contributed by atoms with E-state index in [0.29, 0.717) is 24.4 Å². The Morgan fingerprint density at radius 3 is 2.93 bits per heavy atom. The second-order valence-electron chi connectivity index (χ2n) is 6.45. The summed E-state index contributed by atoms with van der Waals surface area (Å²) in [5.74, 6) is 2.36. The first kappa shape index (κ1) is 16.6. The van der Waals surface area contributed by atoms with Crippen molar-refractivity contribution in [3.05, 3.63) is 47.8 Å². The lowest BCUT2D eigenvalue weighted by atomic mass is 10.1. The van der Waals surface area contributed by atoms with Crippen LogP contribution in [-0.2, 0) is 6.42 Å². The minimum Gasteiger partial charge on any atom is -0.454 e. The van der Waals surface area contributed by atoms with E-state index in [0.717, 1.165) is 33.7 Å². The molecule has 28 heavy (non-hydrogen) atoms. The molecule has 1 aliphatic rings. The Morgan fingerprint density at radius 2 is 2.04 bits per heavy atom. The Kier molecular flexibility index (Phi) is 3.87. The number of nitrogen functional groups attached to an aromatic ring is 1. The molecule has 4 N–H and O–H groups in total. The van der Waals surface area contributed by atoms with Crippen LogP contribution in [0.5, 0.6) is 11.5 Å². The summed E-state index contributed by atoms with van der Waals surface area (Å²) in [6, 6.07) is 11.6. The minimum absolute atomic E-state index is 0.0249. The third-order valence-corrected chi connectivity index (χ3v) is 4.61. The molecular weight excluding hydrogens is 360 g/mol. The molecule has 9 nitrogen and oxygen atoms in total. The average Bonchev–Trinajstić information content (AvgIpc) is 3.32. The fourth-order valence-electron chi connectivity index (χ4n) is 3.41. The summed E-state index contributed by atoms with van der Waals surface area (Å²) < 4.78 is 12.5. The molecule has 0 aliphatic carbocycles. The summed E-state index contributed by atoms with van der Waals surface area (Å²) in [7, 11) is 0. The van der Waals surface area contributed by atoms with Crippen molar-refractivity contribution in [1.82, 2.24) is 19.6 Å². The number of nitrogens with zero attached hydrogens (tertiary/aromatic N) is 4. The summed E-state index contributed by atoms with van der Waals surface area (Å²) in [6.45, 7) is 0.686. The quantitative estimate of drug-likeness (QED) is 0.479. The van der Waals surface area contributed by atoms with Crippen molar-refractivity contribution >= 4 is 28.2 Å². The molecule has 0 saturated carbocycles. The van der Waals surface area contributed by atoms with E-state index in [2.05, 4.69) is 15.4 Å². The number of ether oxygens (including phenoxy) is 2. The largest absolute Gasteiger partial charge is 0.454 e. The van der Waals surface area contributed by atoms with E-state index in [9.17, 15) is 0 Å². The maximum absolute atomic E-state index is 9.14. The third kappa shape index (κ3) is 2.72. The van der Waals surface area contributed by atoms with Gasteiger partial charge in [0.25, 0.3) is 0 Å². The molecule has 3 heterocycles. The molecular formula is C19H18N6O3. The first-order valence-electron chi connectivity index (χ1n) is 8.90. The van der Waals surface area contributed by atoms with Crippen molar-refractivity contribution in [2.24, 2.45) is 0 Å². The fraction of sp³-hybridized carbons (Fsp3) is 0.211. The van der Waals surface area contributed by atoms with Gasteiger partial charge in [0.2, 0.25) is 12.7 Å². The monoisotopic (exact) mass is 378 g/mol. The lowest BCUT2D eigenvalue weighted by Crippen LogP contribution is -2.09. The Labute approximate surface area is 159 Å². The standard InChI is InChI=1S/C19H18N6O3/c20-19-23-18-17-12(21-6-7-26)2-1-3-13(17)22-16(25(18)24-19)9-11-4-5-14-15(8-11)28-10-27-14/h1-5,8,21,26H,6-7,9-10H2,(H2,20,24). The van der Waals surface area contributed by atoms with E-state index >= 15 is 0 Å². The highest BCUT2D eigenvalue weighted by molar-refractivity contribution is 6.01. The van der Waals surface area contributed by atoms with Gasteiger partial charge < -0.3 is 25.6 Å². The number of aliphatic hydroxyl groups excluding tert-OH is 1. The van der Waals surface area contributed by atoms with Gasteiger partial charge >= 0.3 is 0 Å². The number of fused-ring (bicyclic) bond motifs is 4. The molecule has 2 aromatic carbocycles. The number of anilines is 2. The maximum Gasteiger partial charge on any atom is 0.240 e. The number of nitrogens with two attached hydrogens (primary N) is 1. The molecule has 5 rings (SSSR count). The van der Waals surface area contributed by atoms with E-state index in [1.165, 1.54) is 0 Å². The van der Waals surface area contributed by atoms with E-state index in [-0.39, 0.29) is 19.3 Å². The Hall–Kier alpha value is -3.59. The minimum atomic E-state index is 0.0249. The van der Waals surface area contributed by atoms with Gasteiger partial charge in [0.1, 0.15) is 5.82 Å². The smallest absolute Gasteiger partial charge is 0.240 e. The average molecular weight is 378 g/mol. The van der Waals surface area contributed by atoms with Crippen LogP contribution in [0.4, 0.5) is 11.6 Å². The first-order valence-corrected chi connectivity index (χ1v) is 8.90. The van der Waals surface area contributed by atoms with Crippen molar-refractivity contribution in [3.63, 3.8) is 0 Å². The molecule has 4 aromatic rings. The van der Waals surface area contributed by atoms with Crippen LogP contribution >= 0.6 is 0 Å². The molecule has 1 aliphatic heterocycles. The van der Waals surface area contributed by atoms with Gasteiger partial charge in [-0.15, -0.1) is 5.10 Å². The number of aliphatic hydroxyl groups is 1. The molecule has 0 spiro atoms. The van der Waals surface area contributed by atoms with Crippen LogP contribution in [0, 0.1) is 0 Å². The van der Waals surface area contributed by atoms with Crippen molar-refractivity contribution in [2.45, 2.75) is 6.42 Å². The van der Waals surface area contributed by atoms with E-state index < -0.39 is 0 Å². The number of hydrogen-bond acceptors (Lipinski definition) is 8. The number of benzene rings is 2. The molecule has 0 atom stereocenters. The zero-order valence-corrected chi connectivity index (χ0v) is 14.9. The zero-order chi connectivity index (χ0) is 19.1. The molecule has 9 heteroatoms. The molecule has 142 valence electrons. The SMILES string of the molecule is Nc1nc2c3c(NCCO)cccc3nc(Cc3ccc4c(c3)OCO4)n2n1. The van der Waals surface area contributed by atoms with Gasteiger partial charge in [-0.1, -0.05) is 12.1 Å². The third-order valence-electron chi connectivity index (χ3n) is 4.61. The highest BCUT2D eigenvalue weighted by Gasteiger charge is 2.18. The molecule has 0 unspecified atom stereocenters. The van der Waals surface area contributed by atoms with Gasteiger partial charge in [-0.05, 0) is 29.8 Å². The normalized spacial score (nSPS) is 12.8. The lowest BCUT2D eigenvalue weighted by Gasteiger charge is -2.11. The molecule has 0 radical (unpaired) electrons. The van der Waals surface area contributed by atoms with Crippen LogP contribution in [0.15, 0.2) is 36.4 Å². The van der Waals surface area contributed by atoms with Crippen LogP contribution in [-0.4, -0.2) is 44.6 Å². The van der Waals surface area contributed by atoms with Crippen LogP contribution in [0.2, 0.25) is 0 Å². The summed E-state index contributed by atoms with van der Waals surface area (Å²) in [6.07, 6.45) is 0.528. The number of nitrogens with one attached hydrogen (secondary N) is 1. The lowest BCUT2D eigenvalue weighted by molar-refractivity contribution is 0.174. The van der Waals surface area contributed by atoms with Gasteiger partial charge in [-0.3, -0.25) is 0 Å². The van der Waals surface area contributed by atoms with E-state index in [1.54, 1.807) is 4.52 Å². The predicted molar refractivity (Wildman–Crippen MR) is 104 cm³/mol. The highest BCUT2D eigenvalue weighted by atomic mass is 16.7. The van der Waals surface area contributed by atoms with Gasteiger partial charge in [0.15, 0.2) is 17.1 Å². The molecule has 0 amide bonds. The Bertz CT molecular complexity index is 1190. The summed E-state index contributed by atoms with van der Waals surface area (Å²) in [4.78, 5) is 9.22. The zero-order valence-electron chi connectivity index (χ0n) is 14.9. The summed E-state index contributed by atoms with van der Waals surface area (Å²) in [5.41, 5.74) is 9.14. The van der Waals surface area contributed by atoms with Crippen LogP contribution in [0.3, 0.4) is 0 Å². The van der Waals surface area contributed by atoms with Gasteiger partial charge in [-0.25, -0.2) is 4.98 Å². The molecule has 0 bridgehead atoms. The number of rotatable bonds is 5. The van der Waals surface area contributed by atoms with Crippen LogP contribution in [0.25, 0.3) is 16.6 Å². The van der Waals surface area contributed by atoms with Gasteiger partial charge in [0, 0.05) is 18.7 Å². The van der Waals surface area contributed by atoms with Crippen molar-refractivity contribution < 1.29 is 14.6 Å². The van der Waals surface area contributed by atoms with Crippen molar-refractivity contribution in [3.8, 4) is 11.5 Å². The van der Waals surface area contributed by atoms with Crippen molar-refractivity contribution in [2.75, 3.05) is 31.0 Å². The Morgan fingerprint density at radius 1 is 1.14 bits per heavy atom. The number of aromatic nitrogens is 4.